The van der Waals surface area contributed by atoms with E-state index >= 15 is 0 Å². The smallest absolute Gasteiger partial charge is 0.123 e. The third-order valence-corrected chi connectivity index (χ3v) is 4.06. The van der Waals surface area contributed by atoms with Crippen LogP contribution in [0.1, 0.15) is 43.2 Å². The summed E-state index contributed by atoms with van der Waals surface area (Å²) in [6.45, 7) is 2.04. The molecule has 0 bridgehead atoms. The summed E-state index contributed by atoms with van der Waals surface area (Å²) in [6.07, 6.45) is 7.11. The average Bonchev–Trinajstić information content (AvgIpc) is 2.83. The van der Waals surface area contributed by atoms with E-state index in [4.69, 9.17) is 5.73 Å². The van der Waals surface area contributed by atoms with Crippen molar-refractivity contribution in [3.63, 3.8) is 0 Å². The number of aryl methyl sites for hydroxylation is 2. The van der Waals surface area contributed by atoms with Crippen LogP contribution < -0.4 is 5.73 Å². The molecule has 2 heteroatoms. The Kier molecular flexibility index (Phi) is 4.16. The highest BCUT2D eigenvalue weighted by atomic mass is 19.1. The third-order valence-electron chi connectivity index (χ3n) is 4.06. The van der Waals surface area contributed by atoms with Crippen molar-refractivity contribution in [3.8, 4) is 0 Å². The lowest BCUT2D eigenvalue weighted by Gasteiger charge is -2.19. The molecule has 1 atom stereocenters. The zero-order chi connectivity index (χ0) is 12.3. The first-order chi connectivity index (χ1) is 8.16. The Balaban J connectivity index is 1.90. The van der Waals surface area contributed by atoms with E-state index in [1.54, 1.807) is 6.07 Å². The van der Waals surface area contributed by atoms with Gasteiger partial charge in [0.2, 0.25) is 0 Å². The fraction of sp³-hybridized carbons (Fsp3) is 0.600. The minimum Gasteiger partial charge on any atom is -0.327 e. The van der Waals surface area contributed by atoms with Crippen LogP contribution >= 0.6 is 0 Å². The quantitative estimate of drug-likeness (QED) is 0.848. The van der Waals surface area contributed by atoms with Gasteiger partial charge < -0.3 is 5.73 Å². The topological polar surface area (TPSA) is 26.0 Å². The molecule has 0 aromatic heterocycles. The van der Waals surface area contributed by atoms with Crippen LogP contribution in [0.2, 0.25) is 0 Å². The zero-order valence-corrected chi connectivity index (χ0v) is 10.6. The first-order valence-corrected chi connectivity index (χ1v) is 6.67. The summed E-state index contributed by atoms with van der Waals surface area (Å²) in [4.78, 5) is 0. The lowest BCUT2D eigenvalue weighted by Crippen LogP contribution is -2.28. The van der Waals surface area contributed by atoms with Crippen LogP contribution in [-0.2, 0) is 6.42 Å². The SMILES string of the molecule is Cc1ccc(F)cc1CCC(N)C1CCCC1. The van der Waals surface area contributed by atoms with Crippen LogP contribution in [0.4, 0.5) is 4.39 Å². The second-order valence-corrected chi connectivity index (χ2v) is 5.32. The molecule has 1 aliphatic rings. The summed E-state index contributed by atoms with van der Waals surface area (Å²) in [5.74, 6) is 0.559. The van der Waals surface area contributed by atoms with E-state index in [2.05, 4.69) is 0 Å². The Labute approximate surface area is 103 Å². The van der Waals surface area contributed by atoms with Gasteiger partial charge in [-0.25, -0.2) is 4.39 Å². The van der Waals surface area contributed by atoms with E-state index in [0.717, 1.165) is 18.4 Å². The molecule has 1 nitrogen and oxygen atoms in total. The molecule has 1 aromatic rings. The van der Waals surface area contributed by atoms with E-state index < -0.39 is 0 Å². The number of rotatable bonds is 4. The summed E-state index contributed by atoms with van der Waals surface area (Å²) in [6, 6.07) is 5.32. The summed E-state index contributed by atoms with van der Waals surface area (Å²) >= 11 is 0. The van der Waals surface area contributed by atoms with Crippen LogP contribution in [0.25, 0.3) is 0 Å². The molecule has 1 unspecified atom stereocenters. The lowest BCUT2D eigenvalue weighted by molar-refractivity contribution is 0.410. The highest BCUT2D eigenvalue weighted by Crippen LogP contribution is 2.28. The van der Waals surface area contributed by atoms with Crippen molar-refractivity contribution in [1.82, 2.24) is 0 Å². The molecule has 0 spiro atoms. The van der Waals surface area contributed by atoms with Crippen LogP contribution in [0.3, 0.4) is 0 Å². The molecular formula is C15H22FN. The van der Waals surface area contributed by atoms with Crippen molar-refractivity contribution in [2.45, 2.75) is 51.5 Å². The Morgan fingerprint density at radius 1 is 1.35 bits per heavy atom. The molecular weight excluding hydrogens is 213 g/mol. The van der Waals surface area contributed by atoms with Gasteiger partial charge in [0.15, 0.2) is 0 Å². The molecule has 94 valence electrons. The van der Waals surface area contributed by atoms with Gasteiger partial charge in [0, 0.05) is 6.04 Å². The molecule has 1 saturated carbocycles. The van der Waals surface area contributed by atoms with Gasteiger partial charge in [-0.05, 0) is 61.8 Å². The highest BCUT2D eigenvalue weighted by molar-refractivity contribution is 5.26. The molecule has 1 fully saturated rings. The fourth-order valence-electron chi connectivity index (χ4n) is 2.85. The Hall–Kier alpha value is -0.890. The molecule has 17 heavy (non-hydrogen) atoms. The predicted octanol–water partition coefficient (Wildman–Crippen LogP) is 3.58. The van der Waals surface area contributed by atoms with E-state index in [1.807, 2.05) is 13.0 Å². The summed E-state index contributed by atoms with van der Waals surface area (Å²) < 4.78 is 13.1. The van der Waals surface area contributed by atoms with Crippen LogP contribution in [0.5, 0.6) is 0 Å². The summed E-state index contributed by atoms with van der Waals surface area (Å²) in [5.41, 5.74) is 8.50. The van der Waals surface area contributed by atoms with Gasteiger partial charge in [-0.1, -0.05) is 18.9 Å². The van der Waals surface area contributed by atoms with Gasteiger partial charge in [0.1, 0.15) is 5.82 Å². The maximum absolute atomic E-state index is 13.1. The molecule has 0 radical (unpaired) electrons. The molecule has 1 aliphatic carbocycles. The van der Waals surface area contributed by atoms with Crippen molar-refractivity contribution < 1.29 is 4.39 Å². The first-order valence-electron chi connectivity index (χ1n) is 6.67. The Morgan fingerprint density at radius 3 is 2.76 bits per heavy atom. The van der Waals surface area contributed by atoms with Crippen molar-refractivity contribution in [2.24, 2.45) is 11.7 Å². The molecule has 0 aliphatic heterocycles. The van der Waals surface area contributed by atoms with Gasteiger partial charge >= 0.3 is 0 Å². The van der Waals surface area contributed by atoms with Crippen LogP contribution in [-0.4, -0.2) is 6.04 Å². The maximum atomic E-state index is 13.1. The predicted molar refractivity (Wildman–Crippen MR) is 69.4 cm³/mol. The van der Waals surface area contributed by atoms with Crippen molar-refractivity contribution in [1.29, 1.82) is 0 Å². The number of hydrogen-bond donors (Lipinski definition) is 1. The highest BCUT2D eigenvalue weighted by Gasteiger charge is 2.21. The standard InChI is InChI=1S/C15H22FN/c1-11-6-8-14(16)10-13(11)7-9-15(17)12-4-2-3-5-12/h6,8,10,12,15H,2-5,7,9,17H2,1H3. The van der Waals surface area contributed by atoms with Crippen LogP contribution in [0.15, 0.2) is 18.2 Å². The Bertz CT molecular complexity index is 369. The number of nitrogens with two attached hydrogens (primary N) is 1. The molecule has 0 heterocycles. The third kappa shape index (κ3) is 3.29. The van der Waals surface area contributed by atoms with Gasteiger partial charge in [0.05, 0.1) is 0 Å². The monoisotopic (exact) mass is 235 g/mol. The van der Waals surface area contributed by atoms with Crippen molar-refractivity contribution >= 4 is 0 Å². The average molecular weight is 235 g/mol. The second-order valence-electron chi connectivity index (χ2n) is 5.32. The number of hydrogen-bond acceptors (Lipinski definition) is 1. The molecule has 0 saturated heterocycles. The van der Waals surface area contributed by atoms with Crippen LogP contribution in [0, 0.1) is 18.7 Å². The maximum Gasteiger partial charge on any atom is 0.123 e. The summed E-state index contributed by atoms with van der Waals surface area (Å²) in [7, 11) is 0. The van der Waals surface area contributed by atoms with Crippen molar-refractivity contribution in [3.05, 3.63) is 35.1 Å². The van der Waals surface area contributed by atoms with E-state index in [1.165, 1.54) is 37.3 Å². The molecule has 0 amide bonds. The van der Waals surface area contributed by atoms with Crippen molar-refractivity contribution in [2.75, 3.05) is 0 Å². The fourth-order valence-corrected chi connectivity index (χ4v) is 2.85. The van der Waals surface area contributed by atoms with Gasteiger partial charge in [0.25, 0.3) is 0 Å². The lowest BCUT2D eigenvalue weighted by atomic mass is 9.92. The molecule has 1 aromatic carbocycles. The first kappa shape index (κ1) is 12.6. The van der Waals surface area contributed by atoms with E-state index in [9.17, 15) is 4.39 Å². The zero-order valence-electron chi connectivity index (χ0n) is 10.6. The van der Waals surface area contributed by atoms with E-state index in [-0.39, 0.29) is 5.82 Å². The van der Waals surface area contributed by atoms with Gasteiger partial charge in [-0.2, -0.15) is 0 Å². The molecule has 2 N–H and O–H groups in total. The van der Waals surface area contributed by atoms with Gasteiger partial charge in [-0.3, -0.25) is 0 Å². The number of halogens is 1. The van der Waals surface area contributed by atoms with E-state index in [0.29, 0.717) is 12.0 Å². The Morgan fingerprint density at radius 2 is 2.06 bits per heavy atom. The largest absolute Gasteiger partial charge is 0.327 e. The van der Waals surface area contributed by atoms with Gasteiger partial charge in [-0.15, -0.1) is 0 Å². The second kappa shape index (κ2) is 5.63. The summed E-state index contributed by atoms with van der Waals surface area (Å²) in [5, 5.41) is 0. The minimum atomic E-state index is -0.139. The number of benzene rings is 1. The molecule has 2 rings (SSSR count). The normalized spacial score (nSPS) is 18.5. The minimum absolute atomic E-state index is 0.139.